The lowest BCUT2D eigenvalue weighted by Gasteiger charge is -2.16. The van der Waals surface area contributed by atoms with Gasteiger partial charge in [-0.1, -0.05) is 36.8 Å². The van der Waals surface area contributed by atoms with Gasteiger partial charge in [0.25, 0.3) is 0 Å². The minimum atomic E-state index is -0.810. The summed E-state index contributed by atoms with van der Waals surface area (Å²) < 4.78 is 5.25. The van der Waals surface area contributed by atoms with Gasteiger partial charge in [0.05, 0.1) is 0 Å². The molecule has 0 radical (unpaired) electrons. The number of hydrogen-bond acceptors (Lipinski definition) is 2. The minimum Gasteiger partial charge on any atom is -0.407 e. The van der Waals surface area contributed by atoms with Crippen LogP contribution >= 0.6 is 11.2 Å². The number of rotatable bonds is 3. The van der Waals surface area contributed by atoms with E-state index in [1.54, 1.807) is 6.92 Å². The van der Waals surface area contributed by atoms with E-state index in [1.807, 2.05) is 17.6 Å². The molecule has 1 aliphatic heterocycles. The maximum absolute atomic E-state index is 11.2. The van der Waals surface area contributed by atoms with E-state index in [-0.39, 0.29) is 5.97 Å². The molecule has 0 aromatic rings. The van der Waals surface area contributed by atoms with Gasteiger partial charge in [-0.25, -0.2) is 4.79 Å². The first kappa shape index (κ1) is 10.1. The molecule has 13 heavy (non-hydrogen) atoms. The zero-order valence-electron chi connectivity index (χ0n) is 7.91. The highest BCUT2D eigenvalue weighted by Crippen LogP contribution is 2.43. The molecule has 0 N–H and O–H groups in total. The number of hydrogen-bond donors (Lipinski definition) is 1. The molecule has 3 heteroatoms. The van der Waals surface area contributed by atoms with Crippen molar-refractivity contribution in [2.24, 2.45) is 0 Å². The average molecular weight is 198 g/mol. The predicted octanol–water partition coefficient (Wildman–Crippen LogP) is 2.84. The molecule has 1 rings (SSSR count). The Morgan fingerprint density at radius 3 is 2.92 bits per heavy atom. The average Bonchev–Trinajstić information content (AvgIpc) is 2.51. The maximum atomic E-state index is 11.2. The van der Waals surface area contributed by atoms with E-state index in [2.05, 4.69) is 13.5 Å². The van der Waals surface area contributed by atoms with Crippen molar-refractivity contribution in [3.8, 4) is 0 Å². The van der Waals surface area contributed by atoms with E-state index in [0.717, 1.165) is 6.42 Å². The van der Waals surface area contributed by atoms with Crippen LogP contribution in [0, 0.1) is 0 Å². The normalized spacial score (nSPS) is 22.6. The van der Waals surface area contributed by atoms with Gasteiger partial charge in [-0.3, -0.25) is 0 Å². The van der Waals surface area contributed by atoms with Crippen LogP contribution in [0.2, 0.25) is 0 Å². The Bertz CT molecular complexity index is 289. The van der Waals surface area contributed by atoms with Crippen LogP contribution in [0.5, 0.6) is 0 Å². The quantitative estimate of drug-likeness (QED) is 0.557. The van der Waals surface area contributed by atoms with Crippen LogP contribution in [0.3, 0.4) is 0 Å². The van der Waals surface area contributed by atoms with Crippen molar-refractivity contribution in [1.82, 2.24) is 0 Å². The fraction of sp³-hybridized carbons (Fsp3) is 0.300. The van der Waals surface area contributed by atoms with Gasteiger partial charge < -0.3 is 4.18 Å². The van der Waals surface area contributed by atoms with Crippen LogP contribution in [0.15, 0.2) is 34.6 Å². The van der Waals surface area contributed by atoms with Gasteiger partial charge in [0.15, 0.2) is 0 Å². The highest BCUT2D eigenvalue weighted by Gasteiger charge is 2.14. The Morgan fingerprint density at radius 1 is 1.69 bits per heavy atom. The summed E-state index contributed by atoms with van der Waals surface area (Å²) in [5, 5.41) is 1.94. The Hall–Kier alpha value is -0.960. The maximum Gasteiger partial charge on any atom is 0.343 e. The molecular formula is C10H14O2S. The third-order valence-corrected chi connectivity index (χ3v) is 3.52. The summed E-state index contributed by atoms with van der Waals surface area (Å²) in [5.41, 5.74) is 0.457. The second kappa shape index (κ2) is 4.33. The molecule has 1 heterocycles. The summed E-state index contributed by atoms with van der Waals surface area (Å²) in [6, 6.07) is 0. The smallest absolute Gasteiger partial charge is 0.343 e. The molecule has 0 saturated carbocycles. The number of thiol groups is 1. The van der Waals surface area contributed by atoms with Crippen molar-refractivity contribution in [3.05, 3.63) is 34.6 Å². The second-order valence-corrected chi connectivity index (χ2v) is 4.54. The molecule has 0 bridgehead atoms. The second-order valence-electron chi connectivity index (χ2n) is 2.84. The third kappa shape index (κ3) is 2.49. The highest BCUT2D eigenvalue weighted by atomic mass is 32.2. The van der Waals surface area contributed by atoms with E-state index in [4.69, 9.17) is 4.18 Å². The molecule has 0 aliphatic carbocycles. The Labute approximate surface area is 81.5 Å². The first-order chi connectivity index (χ1) is 6.15. The zero-order chi connectivity index (χ0) is 9.84. The van der Waals surface area contributed by atoms with E-state index in [1.165, 1.54) is 4.91 Å². The molecule has 0 aromatic carbocycles. The van der Waals surface area contributed by atoms with Gasteiger partial charge >= 0.3 is 5.97 Å². The van der Waals surface area contributed by atoms with E-state index >= 15 is 0 Å². The summed E-state index contributed by atoms with van der Waals surface area (Å²) >= 11 is -0.810. The van der Waals surface area contributed by atoms with Gasteiger partial charge in [0.1, 0.15) is 0 Å². The highest BCUT2D eigenvalue weighted by molar-refractivity contribution is 8.19. The first-order valence-corrected chi connectivity index (χ1v) is 5.52. The number of allylic oxidation sites excluding steroid dienone is 3. The van der Waals surface area contributed by atoms with Gasteiger partial charge in [0.2, 0.25) is 0 Å². The van der Waals surface area contributed by atoms with Gasteiger partial charge in [0, 0.05) is 10.5 Å². The lowest BCUT2D eigenvalue weighted by Crippen LogP contribution is -2.01. The van der Waals surface area contributed by atoms with Crippen LogP contribution in [0.1, 0.15) is 20.3 Å². The van der Waals surface area contributed by atoms with Crippen molar-refractivity contribution in [2.45, 2.75) is 20.3 Å². The van der Waals surface area contributed by atoms with Crippen molar-refractivity contribution in [3.63, 3.8) is 0 Å². The fourth-order valence-electron chi connectivity index (χ4n) is 0.931. The third-order valence-electron chi connectivity index (χ3n) is 1.69. The molecule has 0 spiro atoms. The Kier molecular flexibility index (Phi) is 3.37. The molecule has 72 valence electrons. The standard InChI is InChI=1S/C10H14O2S/c1-4-9-6-5-7-13(9)12-10(11)8(2)3/h5-7,13H,2,4H2,1,3H3. The monoisotopic (exact) mass is 198 g/mol. The largest absolute Gasteiger partial charge is 0.407 e. The Morgan fingerprint density at radius 2 is 2.38 bits per heavy atom. The van der Waals surface area contributed by atoms with Gasteiger partial charge in [-0.2, -0.15) is 0 Å². The molecular weight excluding hydrogens is 184 g/mol. The number of carbonyl (C=O) groups is 1. The summed E-state index contributed by atoms with van der Waals surface area (Å²) in [4.78, 5) is 12.4. The van der Waals surface area contributed by atoms with Crippen LogP contribution < -0.4 is 0 Å². The molecule has 2 nitrogen and oxygen atoms in total. The van der Waals surface area contributed by atoms with Gasteiger partial charge in [-0.15, -0.1) is 0 Å². The van der Waals surface area contributed by atoms with E-state index in [9.17, 15) is 4.79 Å². The minimum absolute atomic E-state index is 0.294. The van der Waals surface area contributed by atoms with Crippen molar-refractivity contribution < 1.29 is 8.98 Å². The molecule has 0 aromatic heterocycles. The zero-order valence-corrected chi connectivity index (χ0v) is 8.80. The van der Waals surface area contributed by atoms with Crippen LogP contribution in [-0.4, -0.2) is 5.97 Å². The summed E-state index contributed by atoms with van der Waals surface area (Å²) in [6.45, 7) is 7.26. The fourth-order valence-corrected chi connectivity index (χ4v) is 2.42. The molecule has 0 saturated heterocycles. The van der Waals surface area contributed by atoms with E-state index in [0.29, 0.717) is 5.57 Å². The first-order valence-electron chi connectivity index (χ1n) is 4.19. The summed E-state index contributed by atoms with van der Waals surface area (Å²) in [7, 11) is 0. The summed E-state index contributed by atoms with van der Waals surface area (Å²) in [5.74, 6) is -0.294. The number of carbonyl (C=O) groups excluding carboxylic acids is 1. The molecule has 0 fully saturated rings. The van der Waals surface area contributed by atoms with Crippen molar-refractivity contribution in [1.29, 1.82) is 0 Å². The molecule has 1 aliphatic rings. The van der Waals surface area contributed by atoms with Crippen molar-refractivity contribution in [2.75, 3.05) is 0 Å². The topological polar surface area (TPSA) is 26.3 Å². The van der Waals surface area contributed by atoms with Crippen molar-refractivity contribution >= 4 is 17.1 Å². The van der Waals surface area contributed by atoms with Crippen LogP contribution in [-0.2, 0) is 8.98 Å². The SMILES string of the molecule is C=C(C)C(=O)O[SH]1C=CC=C1CC. The predicted molar refractivity (Wildman–Crippen MR) is 57.4 cm³/mol. The van der Waals surface area contributed by atoms with E-state index < -0.39 is 11.2 Å². The molecule has 0 amide bonds. The van der Waals surface area contributed by atoms with Crippen LogP contribution in [0.25, 0.3) is 0 Å². The molecule has 1 atom stereocenters. The Balaban J connectivity index is 2.56. The van der Waals surface area contributed by atoms with Crippen LogP contribution in [0.4, 0.5) is 0 Å². The summed E-state index contributed by atoms with van der Waals surface area (Å²) in [6.07, 6.45) is 4.88. The molecule has 1 unspecified atom stereocenters. The lowest BCUT2D eigenvalue weighted by atomic mass is 10.4. The van der Waals surface area contributed by atoms with Gasteiger partial charge in [-0.05, 0) is 18.8 Å². The lowest BCUT2D eigenvalue weighted by molar-refractivity contribution is -0.128.